The summed E-state index contributed by atoms with van der Waals surface area (Å²) in [6.07, 6.45) is 2.04. The quantitative estimate of drug-likeness (QED) is 0.623. The van der Waals surface area contributed by atoms with Gasteiger partial charge in [0.2, 0.25) is 11.5 Å². The van der Waals surface area contributed by atoms with Gasteiger partial charge in [0.25, 0.3) is 5.89 Å². The zero-order valence-corrected chi connectivity index (χ0v) is 17.3. The fourth-order valence-electron chi connectivity index (χ4n) is 3.36. The van der Waals surface area contributed by atoms with Gasteiger partial charge in [0.05, 0.1) is 12.7 Å². The van der Waals surface area contributed by atoms with Crippen LogP contribution in [0.25, 0.3) is 27.7 Å². The molecule has 150 valence electrons. The summed E-state index contributed by atoms with van der Waals surface area (Å²) in [4.78, 5) is 8.11. The van der Waals surface area contributed by atoms with Crippen LogP contribution in [0.15, 0.2) is 40.9 Å². The van der Waals surface area contributed by atoms with E-state index in [1.54, 1.807) is 12.1 Å². The number of benzene rings is 2. The highest BCUT2D eigenvalue weighted by molar-refractivity contribution is 5.85. The predicted molar refractivity (Wildman–Crippen MR) is 115 cm³/mol. The molecule has 0 fully saturated rings. The molecule has 4 rings (SSSR count). The van der Waals surface area contributed by atoms with Crippen LogP contribution in [0.3, 0.4) is 0 Å². The highest BCUT2D eigenvalue weighted by Crippen LogP contribution is 2.34. The Kier molecular flexibility index (Phi) is 6.53. The van der Waals surface area contributed by atoms with Gasteiger partial charge in [-0.25, -0.2) is 4.85 Å². The molecule has 2 heterocycles. The summed E-state index contributed by atoms with van der Waals surface area (Å²) in [7, 11) is 0. The Morgan fingerprint density at radius 1 is 1.07 bits per heavy atom. The minimum atomic E-state index is 0. The lowest BCUT2D eigenvalue weighted by Gasteiger charge is -2.11. The third kappa shape index (κ3) is 4.58. The normalized spacial score (nSPS) is 13.2. The van der Waals surface area contributed by atoms with Crippen LogP contribution in [0.2, 0.25) is 0 Å². The number of aromatic nitrogens is 2. The molecule has 6 nitrogen and oxygen atoms in total. The van der Waals surface area contributed by atoms with Crippen molar-refractivity contribution in [2.24, 2.45) is 0 Å². The molecule has 2 aromatic carbocycles. The van der Waals surface area contributed by atoms with Crippen LogP contribution in [0.5, 0.6) is 5.75 Å². The first-order valence-corrected chi connectivity index (χ1v) is 9.49. The van der Waals surface area contributed by atoms with E-state index in [4.69, 9.17) is 15.8 Å². The number of hydrogen-bond donors (Lipinski definition) is 1. The molecule has 1 aliphatic rings. The number of fused-ring (bicyclic) bond motifs is 1. The van der Waals surface area contributed by atoms with E-state index >= 15 is 0 Å². The molecular formula is C22H23ClN4O2. The molecule has 0 saturated carbocycles. The average Bonchev–Trinajstić information content (AvgIpc) is 3.07. The third-order valence-electron chi connectivity index (χ3n) is 4.72. The summed E-state index contributed by atoms with van der Waals surface area (Å²) < 4.78 is 11.2. The van der Waals surface area contributed by atoms with E-state index in [0.29, 0.717) is 28.7 Å². The van der Waals surface area contributed by atoms with E-state index < -0.39 is 0 Å². The Morgan fingerprint density at radius 3 is 2.59 bits per heavy atom. The number of rotatable bonds is 4. The van der Waals surface area contributed by atoms with Crippen LogP contribution >= 0.6 is 12.4 Å². The molecule has 1 aromatic heterocycles. The van der Waals surface area contributed by atoms with E-state index in [-0.39, 0.29) is 18.5 Å². The zero-order chi connectivity index (χ0) is 19.5. The largest absolute Gasteiger partial charge is 0.502 e. The van der Waals surface area contributed by atoms with E-state index in [1.807, 2.05) is 26.0 Å². The Balaban J connectivity index is 0.00000240. The molecule has 0 unspecified atom stereocenters. The van der Waals surface area contributed by atoms with Crippen LogP contribution in [-0.2, 0) is 12.8 Å². The van der Waals surface area contributed by atoms with Gasteiger partial charge in [-0.15, -0.1) is 12.4 Å². The average molecular weight is 411 g/mol. The number of ether oxygens (including phenoxy) is 1. The van der Waals surface area contributed by atoms with Crippen LogP contribution in [0.1, 0.15) is 25.0 Å². The van der Waals surface area contributed by atoms with Crippen LogP contribution < -0.4 is 10.1 Å². The predicted octanol–water partition coefficient (Wildman–Crippen LogP) is 4.85. The first-order chi connectivity index (χ1) is 13.6. The fourth-order valence-corrected chi connectivity index (χ4v) is 3.36. The number of nitrogens with one attached hydrogen (secondary N) is 1. The topological polar surface area (TPSA) is 64.5 Å². The lowest BCUT2D eigenvalue weighted by atomic mass is 10.00. The summed E-state index contributed by atoms with van der Waals surface area (Å²) in [5, 5.41) is 7.57. The van der Waals surface area contributed by atoms with Gasteiger partial charge < -0.3 is 14.6 Å². The minimum Gasteiger partial charge on any atom is -0.502 e. The maximum absolute atomic E-state index is 7.41. The van der Waals surface area contributed by atoms with Gasteiger partial charge in [0.15, 0.2) is 0 Å². The van der Waals surface area contributed by atoms with E-state index in [0.717, 1.165) is 31.5 Å². The first kappa shape index (κ1) is 20.8. The minimum absolute atomic E-state index is 0. The zero-order valence-electron chi connectivity index (χ0n) is 16.4. The van der Waals surface area contributed by atoms with Crippen molar-refractivity contribution in [1.29, 1.82) is 0 Å². The van der Waals surface area contributed by atoms with Crippen LogP contribution in [0.4, 0.5) is 5.69 Å². The molecule has 7 heteroatoms. The maximum atomic E-state index is 7.41. The van der Waals surface area contributed by atoms with Crippen molar-refractivity contribution in [3.63, 3.8) is 0 Å². The SMILES string of the molecule is Cl.[C-]#[N+]c1cc(-c2nc(-c3ccc4c(c3)CCNCC4)no2)ccc1OC(C)C. The summed E-state index contributed by atoms with van der Waals surface area (Å²) in [5.74, 6) is 1.52. The fraction of sp³-hybridized carbons (Fsp3) is 0.318. The van der Waals surface area contributed by atoms with Crippen molar-refractivity contribution >= 4 is 18.1 Å². The summed E-state index contributed by atoms with van der Waals surface area (Å²) in [6.45, 7) is 13.3. The van der Waals surface area contributed by atoms with Crippen molar-refractivity contribution in [3.8, 4) is 28.6 Å². The molecule has 0 radical (unpaired) electrons. The molecule has 1 N–H and O–H groups in total. The highest BCUT2D eigenvalue weighted by atomic mass is 35.5. The molecular weight excluding hydrogens is 388 g/mol. The van der Waals surface area contributed by atoms with Gasteiger partial charge in [-0.3, -0.25) is 0 Å². The molecule has 29 heavy (non-hydrogen) atoms. The van der Waals surface area contributed by atoms with E-state index in [9.17, 15) is 0 Å². The third-order valence-corrected chi connectivity index (χ3v) is 4.72. The summed E-state index contributed by atoms with van der Waals surface area (Å²) >= 11 is 0. The van der Waals surface area contributed by atoms with Gasteiger partial charge in [0, 0.05) is 11.1 Å². The summed E-state index contributed by atoms with van der Waals surface area (Å²) in [5.41, 5.74) is 4.79. The number of hydrogen-bond acceptors (Lipinski definition) is 5. The Hall–Kier alpha value is -2.88. The molecule has 1 aliphatic heterocycles. The molecule has 0 saturated heterocycles. The second-order valence-electron chi connectivity index (χ2n) is 7.12. The second-order valence-corrected chi connectivity index (χ2v) is 7.12. The van der Waals surface area contributed by atoms with Gasteiger partial charge in [-0.2, -0.15) is 4.98 Å². The van der Waals surface area contributed by atoms with Gasteiger partial charge in [-0.05, 0) is 75.2 Å². The maximum Gasteiger partial charge on any atom is 0.256 e. The standard InChI is InChI=1S/C22H22N4O2.ClH/c1-14(2)27-20-7-6-18(13-19(20)23-3)22-25-21(26-28-22)17-5-4-15-8-10-24-11-9-16(15)12-17;/h4-7,12-14,24H,8-11H2,1-2H3;1H. The van der Waals surface area contributed by atoms with Gasteiger partial charge in [0.1, 0.15) is 5.75 Å². The first-order valence-electron chi connectivity index (χ1n) is 9.49. The van der Waals surface area contributed by atoms with Crippen molar-refractivity contribution in [1.82, 2.24) is 15.5 Å². The van der Waals surface area contributed by atoms with E-state index in [2.05, 4.69) is 32.4 Å². The molecule has 0 bridgehead atoms. The monoisotopic (exact) mass is 410 g/mol. The van der Waals surface area contributed by atoms with Crippen LogP contribution in [0, 0.1) is 6.57 Å². The lowest BCUT2D eigenvalue weighted by molar-refractivity contribution is 0.244. The number of nitrogens with zero attached hydrogens (tertiary/aromatic N) is 3. The Labute approximate surface area is 176 Å². The molecule has 3 aromatic rings. The summed E-state index contributed by atoms with van der Waals surface area (Å²) in [6, 6.07) is 11.7. The molecule has 0 atom stereocenters. The molecule has 0 amide bonds. The second kappa shape index (κ2) is 9.08. The highest BCUT2D eigenvalue weighted by Gasteiger charge is 2.15. The smallest absolute Gasteiger partial charge is 0.256 e. The van der Waals surface area contributed by atoms with Crippen molar-refractivity contribution < 1.29 is 9.26 Å². The Morgan fingerprint density at radius 2 is 1.83 bits per heavy atom. The number of halogens is 1. The van der Waals surface area contributed by atoms with Crippen molar-refractivity contribution in [3.05, 3.63) is 58.9 Å². The molecule has 0 aliphatic carbocycles. The van der Waals surface area contributed by atoms with Gasteiger partial charge in [-0.1, -0.05) is 17.3 Å². The van der Waals surface area contributed by atoms with Crippen molar-refractivity contribution in [2.75, 3.05) is 13.1 Å². The molecule has 0 spiro atoms. The van der Waals surface area contributed by atoms with E-state index in [1.165, 1.54) is 11.1 Å². The lowest BCUT2D eigenvalue weighted by Crippen LogP contribution is -2.16. The van der Waals surface area contributed by atoms with Crippen molar-refractivity contribution in [2.45, 2.75) is 32.8 Å². The van der Waals surface area contributed by atoms with Crippen LogP contribution in [-0.4, -0.2) is 29.3 Å². The van der Waals surface area contributed by atoms with Gasteiger partial charge >= 0.3 is 0 Å². The Bertz CT molecular complexity index is 1040.